The lowest BCUT2D eigenvalue weighted by Crippen LogP contribution is -2.63. The summed E-state index contributed by atoms with van der Waals surface area (Å²) in [6, 6.07) is 15.6. The first-order chi connectivity index (χ1) is 12.5. The van der Waals surface area contributed by atoms with E-state index >= 15 is 0 Å². The number of anilines is 2. The Morgan fingerprint density at radius 2 is 1.04 bits per heavy atom. The van der Waals surface area contributed by atoms with Crippen LogP contribution in [0.2, 0.25) is 0 Å². The predicted octanol–water partition coefficient (Wildman–Crippen LogP) is 4.40. The van der Waals surface area contributed by atoms with Gasteiger partial charge < -0.3 is 20.9 Å². The number of ether oxygens (including phenoxy) is 2. The van der Waals surface area contributed by atoms with Crippen LogP contribution in [-0.2, 0) is 0 Å². The third-order valence-electron chi connectivity index (χ3n) is 6.38. The van der Waals surface area contributed by atoms with Gasteiger partial charge >= 0.3 is 0 Å². The number of benzene rings is 2. The Bertz CT molecular complexity index is 720. The zero-order valence-corrected chi connectivity index (χ0v) is 15.0. The quantitative estimate of drug-likeness (QED) is 0.802. The lowest BCUT2D eigenvalue weighted by Gasteiger charge is -2.60. The highest BCUT2D eigenvalue weighted by Crippen LogP contribution is 2.60. The molecule has 0 spiro atoms. The fourth-order valence-electron chi connectivity index (χ4n) is 5.91. The molecule has 0 saturated heterocycles. The molecule has 136 valence electrons. The van der Waals surface area contributed by atoms with E-state index in [-0.39, 0.29) is 11.2 Å². The highest BCUT2D eigenvalue weighted by molar-refractivity contribution is 5.43. The van der Waals surface area contributed by atoms with Crippen LogP contribution in [0.4, 0.5) is 11.4 Å². The fourth-order valence-corrected chi connectivity index (χ4v) is 5.91. The van der Waals surface area contributed by atoms with Crippen molar-refractivity contribution in [2.75, 3.05) is 11.5 Å². The normalized spacial score (nSPS) is 34.6. The molecular formula is C22H26N2O2. The van der Waals surface area contributed by atoms with E-state index in [1.807, 2.05) is 48.5 Å². The van der Waals surface area contributed by atoms with Gasteiger partial charge in [0.05, 0.1) is 0 Å². The number of nitrogen functional groups attached to an aromatic ring is 2. The van der Waals surface area contributed by atoms with Crippen molar-refractivity contribution in [3.05, 3.63) is 48.5 Å². The van der Waals surface area contributed by atoms with E-state index in [4.69, 9.17) is 20.9 Å². The molecule has 2 aromatic carbocycles. The van der Waals surface area contributed by atoms with Crippen LogP contribution in [-0.4, -0.2) is 11.2 Å². The Morgan fingerprint density at radius 3 is 1.42 bits per heavy atom. The highest BCUT2D eigenvalue weighted by Gasteiger charge is 2.60. The molecule has 4 heteroatoms. The number of rotatable bonds is 4. The van der Waals surface area contributed by atoms with E-state index in [9.17, 15) is 0 Å². The number of hydrogen-bond acceptors (Lipinski definition) is 4. The molecule has 0 radical (unpaired) electrons. The predicted molar refractivity (Wildman–Crippen MR) is 103 cm³/mol. The van der Waals surface area contributed by atoms with Gasteiger partial charge in [-0.1, -0.05) is 0 Å². The summed E-state index contributed by atoms with van der Waals surface area (Å²) in [5.41, 5.74) is 13.0. The van der Waals surface area contributed by atoms with Gasteiger partial charge in [-0.3, -0.25) is 0 Å². The van der Waals surface area contributed by atoms with E-state index in [0.29, 0.717) is 11.8 Å². The average Bonchev–Trinajstić information content (AvgIpc) is 2.57. The minimum atomic E-state index is -0.103. The van der Waals surface area contributed by atoms with E-state index < -0.39 is 0 Å². The van der Waals surface area contributed by atoms with Crippen LogP contribution in [0.3, 0.4) is 0 Å². The van der Waals surface area contributed by atoms with Crippen LogP contribution in [0.5, 0.6) is 11.5 Å². The van der Waals surface area contributed by atoms with Crippen molar-refractivity contribution < 1.29 is 9.47 Å². The second kappa shape index (κ2) is 5.57. The first-order valence-corrected chi connectivity index (χ1v) is 9.61. The SMILES string of the molecule is Nc1ccc(OC23CC4CC(C2)CC(Oc2ccc(N)cc2)(C4)C3)cc1. The van der Waals surface area contributed by atoms with Crippen LogP contribution in [0.25, 0.3) is 0 Å². The van der Waals surface area contributed by atoms with Crippen LogP contribution < -0.4 is 20.9 Å². The molecule has 6 rings (SSSR count). The Labute approximate surface area is 154 Å². The summed E-state index contributed by atoms with van der Waals surface area (Å²) < 4.78 is 13.2. The van der Waals surface area contributed by atoms with E-state index in [0.717, 1.165) is 55.0 Å². The Hall–Kier alpha value is -2.36. The Morgan fingerprint density at radius 1 is 0.654 bits per heavy atom. The molecular weight excluding hydrogens is 324 g/mol. The molecule has 4 aliphatic rings. The number of nitrogens with two attached hydrogens (primary N) is 2. The van der Waals surface area contributed by atoms with Crippen molar-refractivity contribution in [1.29, 1.82) is 0 Å². The summed E-state index contributed by atoms with van der Waals surface area (Å²) >= 11 is 0. The molecule has 0 aromatic heterocycles. The molecule has 0 atom stereocenters. The van der Waals surface area contributed by atoms with E-state index in [1.165, 1.54) is 6.42 Å². The molecule has 4 fully saturated rings. The van der Waals surface area contributed by atoms with Crippen molar-refractivity contribution in [3.63, 3.8) is 0 Å². The van der Waals surface area contributed by atoms with E-state index in [2.05, 4.69) is 0 Å². The minimum absolute atomic E-state index is 0.103. The Kier molecular flexibility index (Phi) is 3.40. The van der Waals surface area contributed by atoms with Crippen molar-refractivity contribution >= 4 is 11.4 Å². The third kappa shape index (κ3) is 2.77. The standard InChI is InChI=1S/C22H26N2O2/c23-17-1-5-19(6-2-17)25-21-10-15-9-16(11-21)13-22(12-15,14-21)26-20-7-3-18(24)4-8-20/h1-8,15-16H,9-14,23-24H2. The van der Waals surface area contributed by atoms with Gasteiger partial charge in [0.2, 0.25) is 0 Å². The first-order valence-electron chi connectivity index (χ1n) is 9.61. The zero-order chi connectivity index (χ0) is 17.8. The molecule has 0 aliphatic heterocycles. The Balaban J connectivity index is 1.42. The maximum absolute atomic E-state index is 6.60. The summed E-state index contributed by atoms with van der Waals surface area (Å²) in [5, 5.41) is 0. The van der Waals surface area contributed by atoms with Gasteiger partial charge in [0.1, 0.15) is 22.7 Å². The molecule has 4 N–H and O–H groups in total. The minimum Gasteiger partial charge on any atom is -0.487 e. The monoisotopic (exact) mass is 350 g/mol. The van der Waals surface area contributed by atoms with Crippen molar-refractivity contribution in [2.45, 2.75) is 49.7 Å². The van der Waals surface area contributed by atoms with Crippen molar-refractivity contribution in [3.8, 4) is 11.5 Å². The van der Waals surface area contributed by atoms with Crippen LogP contribution in [0.1, 0.15) is 38.5 Å². The summed E-state index contributed by atoms with van der Waals surface area (Å²) in [5.74, 6) is 3.23. The maximum atomic E-state index is 6.60. The molecule has 4 nitrogen and oxygen atoms in total. The van der Waals surface area contributed by atoms with Gasteiger partial charge in [0.15, 0.2) is 0 Å². The van der Waals surface area contributed by atoms with Crippen LogP contribution in [0, 0.1) is 11.8 Å². The largest absolute Gasteiger partial charge is 0.487 e. The van der Waals surface area contributed by atoms with Gasteiger partial charge in [0, 0.05) is 17.8 Å². The van der Waals surface area contributed by atoms with Gasteiger partial charge in [0.25, 0.3) is 0 Å². The average molecular weight is 350 g/mol. The second-order valence-electron chi connectivity index (χ2n) is 8.67. The van der Waals surface area contributed by atoms with E-state index in [1.54, 1.807) is 0 Å². The second-order valence-corrected chi connectivity index (χ2v) is 8.67. The molecule has 4 bridgehead atoms. The lowest BCUT2D eigenvalue weighted by molar-refractivity contribution is -0.177. The fraction of sp³-hybridized carbons (Fsp3) is 0.455. The molecule has 0 unspecified atom stereocenters. The zero-order valence-electron chi connectivity index (χ0n) is 15.0. The van der Waals surface area contributed by atoms with Crippen molar-refractivity contribution in [2.24, 2.45) is 11.8 Å². The summed E-state index contributed by atoms with van der Waals surface area (Å²) in [6.07, 6.45) is 6.84. The third-order valence-corrected chi connectivity index (χ3v) is 6.38. The smallest absolute Gasteiger partial charge is 0.120 e. The maximum Gasteiger partial charge on any atom is 0.120 e. The number of hydrogen-bond donors (Lipinski definition) is 2. The molecule has 0 amide bonds. The molecule has 2 aromatic rings. The van der Waals surface area contributed by atoms with Crippen molar-refractivity contribution in [1.82, 2.24) is 0 Å². The van der Waals surface area contributed by atoms with Crippen LogP contribution in [0.15, 0.2) is 48.5 Å². The molecule has 0 heterocycles. The highest BCUT2D eigenvalue weighted by atomic mass is 16.5. The van der Waals surface area contributed by atoms with Gasteiger partial charge in [-0.05, 0) is 92.5 Å². The summed E-state index contributed by atoms with van der Waals surface area (Å²) in [6.45, 7) is 0. The molecule has 4 saturated carbocycles. The van der Waals surface area contributed by atoms with Crippen LogP contribution >= 0.6 is 0 Å². The summed E-state index contributed by atoms with van der Waals surface area (Å²) in [7, 11) is 0. The molecule has 26 heavy (non-hydrogen) atoms. The van der Waals surface area contributed by atoms with Gasteiger partial charge in [-0.15, -0.1) is 0 Å². The van der Waals surface area contributed by atoms with Gasteiger partial charge in [-0.2, -0.15) is 0 Å². The topological polar surface area (TPSA) is 70.5 Å². The van der Waals surface area contributed by atoms with Gasteiger partial charge in [-0.25, -0.2) is 0 Å². The summed E-state index contributed by atoms with van der Waals surface area (Å²) in [4.78, 5) is 0. The molecule has 4 aliphatic carbocycles. The lowest BCUT2D eigenvalue weighted by atomic mass is 9.52. The first kappa shape index (κ1) is 15.9.